The van der Waals surface area contributed by atoms with Gasteiger partial charge in [-0.25, -0.2) is 9.48 Å². The maximum Gasteiger partial charge on any atom is 0.357 e. The molecule has 0 fully saturated rings. The summed E-state index contributed by atoms with van der Waals surface area (Å²) in [6, 6.07) is 22.9. The first-order valence-electron chi connectivity index (χ1n) is 10.9. The number of rotatable bonds is 5. The Morgan fingerprint density at radius 3 is 2.61 bits per heavy atom. The number of hydrogen-bond acceptors (Lipinski definition) is 5. The number of fused-ring (bicyclic) bond motifs is 1. The van der Waals surface area contributed by atoms with Crippen molar-refractivity contribution in [2.24, 2.45) is 0 Å². The lowest BCUT2D eigenvalue weighted by molar-refractivity contribution is -0.126. The highest BCUT2D eigenvalue weighted by Gasteiger charge is 2.30. The van der Waals surface area contributed by atoms with Gasteiger partial charge in [0.25, 0.3) is 5.91 Å². The van der Waals surface area contributed by atoms with Gasteiger partial charge in [-0.3, -0.25) is 4.79 Å². The van der Waals surface area contributed by atoms with Crippen LogP contribution in [0.15, 0.2) is 78.2 Å². The van der Waals surface area contributed by atoms with Gasteiger partial charge in [0.2, 0.25) is 0 Å². The Balaban J connectivity index is 1.41. The number of hydrogen-bond donors (Lipinski definition) is 0. The van der Waals surface area contributed by atoms with Crippen LogP contribution in [0, 0.1) is 0 Å². The van der Waals surface area contributed by atoms with E-state index in [1.807, 2.05) is 72.1 Å². The zero-order chi connectivity index (χ0) is 22.8. The van der Waals surface area contributed by atoms with Crippen LogP contribution in [0.3, 0.4) is 0 Å². The predicted octanol–water partition coefficient (Wildman–Crippen LogP) is 5.13. The van der Waals surface area contributed by atoms with Crippen LogP contribution in [0.5, 0.6) is 0 Å². The van der Waals surface area contributed by atoms with E-state index < -0.39 is 12.1 Å². The predicted molar refractivity (Wildman–Crippen MR) is 129 cm³/mol. The molecule has 3 heterocycles. The summed E-state index contributed by atoms with van der Waals surface area (Å²) in [6.07, 6.45) is 0.900. The molecule has 0 aliphatic carbocycles. The number of esters is 1. The molecule has 4 aromatic rings. The third-order valence-corrected chi connectivity index (χ3v) is 6.59. The monoisotopic (exact) mass is 457 g/mol. The number of amides is 1. The van der Waals surface area contributed by atoms with Crippen molar-refractivity contribution in [2.75, 3.05) is 11.4 Å². The highest BCUT2D eigenvalue weighted by molar-refractivity contribution is 7.13. The summed E-state index contributed by atoms with van der Waals surface area (Å²) >= 11 is 1.55. The third-order valence-electron chi connectivity index (χ3n) is 5.70. The minimum atomic E-state index is -0.923. The molecule has 7 heteroatoms. The van der Waals surface area contributed by atoms with E-state index in [0.717, 1.165) is 34.7 Å². The number of carbonyl (C=O) groups is 2. The Hall–Kier alpha value is -3.71. The van der Waals surface area contributed by atoms with E-state index in [1.165, 1.54) is 0 Å². The smallest absolute Gasteiger partial charge is 0.357 e. The first-order chi connectivity index (χ1) is 16.1. The number of carbonyl (C=O) groups excluding carboxylic acids is 2. The highest BCUT2D eigenvalue weighted by atomic mass is 32.1. The summed E-state index contributed by atoms with van der Waals surface area (Å²) in [6.45, 7) is 2.24. The number of ether oxygens (including phenoxy) is 1. The molecule has 6 nitrogen and oxygen atoms in total. The highest BCUT2D eigenvalue weighted by Crippen LogP contribution is 2.29. The molecule has 0 saturated carbocycles. The minimum Gasteiger partial charge on any atom is -0.448 e. The van der Waals surface area contributed by atoms with Crippen LogP contribution in [-0.2, 0) is 16.0 Å². The largest absolute Gasteiger partial charge is 0.448 e. The van der Waals surface area contributed by atoms with Crippen molar-refractivity contribution in [3.05, 3.63) is 89.4 Å². The van der Waals surface area contributed by atoms with Gasteiger partial charge < -0.3 is 9.64 Å². The Morgan fingerprint density at radius 1 is 1.03 bits per heavy atom. The molecule has 0 saturated heterocycles. The Bertz CT molecular complexity index is 1280. The SMILES string of the molecule is C[C@@H](OC(=O)c1cc(-c2cccs2)nn1-c1ccccc1)C(=O)N1CCCc2ccccc21. The van der Waals surface area contributed by atoms with E-state index in [4.69, 9.17) is 4.74 Å². The standard InChI is InChI=1S/C26H23N3O3S/c1-18(25(30)28-15-7-10-19-9-5-6-13-22(19)28)32-26(31)23-17-21(24-14-8-16-33-24)27-29(23)20-11-3-2-4-12-20/h2-6,8-9,11-14,16-18H,7,10,15H2,1H3/t18-/m1/s1. The number of thiophene rings is 1. The zero-order valence-corrected chi connectivity index (χ0v) is 19.0. The van der Waals surface area contributed by atoms with Crippen LogP contribution in [0.1, 0.15) is 29.4 Å². The van der Waals surface area contributed by atoms with Crippen LogP contribution >= 0.6 is 11.3 Å². The van der Waals surface area contributed by atoms with Gasteiger partial charge in [0.1, 0.15) is 5.69 Å². The summed E-state index contributed by atoms with van der Waals surface area (Å²) < 4.78 is 7.25. The van der Waals surface area contributed by atoms with Crippen molar-refractivity contribution in [1.82, 2.24) is 9.78 Å². The quantitative estimate of drug-likeness (QED) is 0.390. The van der Waals surface area contributed by atoms with Crippen LogP contribution in [-0.4, -0.2) is 34.3 Å². The fourth-order valence-corrected chi connectivity index (χ4v) is 4.77. The molecule has 0 radical (unpaired) electrons. The number of nitrogens with zero attached hydrogens (tertiary/aromatic N) is 3. The molecule has 0 bridgehead atoms. The van der Waals surface area contributed by atoms with Gasteiger partial charge in [-0.05, 0) is 55.0 Å². The van der Waals surface area contributed by atoms with Crippen LogP contribution in [0.4, 0.5) is 5.69 Å². The van der Waals surface area contributed by atoms with Crippen molar-refractivity contribution >= 4 is 28.9 Å². The van der Waals surface area contributed by atoms with Crippen molar-refractivity contribution in [3.63, 3.8) is 0 Å². The van der Waals surface area contributed by atoms with E-state index in [2.05, 4.69) is 5.10 Å². The Labute approximate surface area is 196 Å². The molecule has 2 aromatic heterocycles. The molecular weight excluding hydrogens is 434 g/mol. The molecule has 1 amide bonds. The fourth-order valence-electron chi connectivity index (χ4n) is 4.09. The maximum atomic E-state index is 13.2. The van der Waals surface area contributed by atoms with Gasteiger partial charge in [0.05, 0.1) is 10.6 Å². The lowest BCUT2D eigenvalue weighted by atomic mass is 10.0. The molecular formula is C26H23N3O3S. The molecule has 1 aliphatic rings. The van der Waals surface area contributed by atoms with Crippen LogP contribution < -0.4 is 4.90 Å². The normalized spacial score (nSPS) is 13.9. The molecule has 0 unspecified atom stereocenters. The first kappa shape index (κ1) is 21.2. The second-order valence-corrected chi connectivity index (χ2v) is 8.86. The lowest BCUT2D eigenvalue weighted by Gasteiger charge is -2.31. The number of aromatic nitrogens is 2. The average molecular weight is 458 g/mol. The molecule has 5 rings (SSSR count). The Kier molecular flexibility index (Phi) is 5.79. The Morgan fingerprint density at radius 2 is 1.82 bits per heavy atom. The van der Waals surface area contributed by atoms with Crippen molar-refractivity contribution < 1.29 is 14.3 Å². The van der Waals surface area contributed by atoms with E-state index >= 15 is 0 Å². The van der Waals surface area contributed by atoms with Gasteiger partial charge in [0, 0.05) is 18.3 Å². The van der Waals surface area contributed by atoms with E-state index in [0.29, 0.717) is 12.2 Å². The summed E-state index contributed by atoms with van der Waals surface area (Å²) in [4.78, 5) is 29.1. The van der Waals surface area contributed by atoms with E-state index in [-0.39, 0.29) is 11.6 Å². The topological polar surface area (TPSA) is 64.4 Å². The van der Waals surface area contributed by atoms with E-state index in [9.17, 15) is 9.59 Å². The molecule has 166 valence electrons. The first-order valence-corrected chi connectivity index (χ1v) is 11.8. The molecule has 0 N–H and O–H groups in total. The van der Waals surface area contributed by atoms with Crippen molar-refractivity contribution in [1.29, 1.82) is 0 Å². The average Bonchev–Trinajstić information content (AvgIpc) is 3.54. The van der Waals surface area contributed by atoms with Crippen molar-refractivity contribution in [3.8, 4) is 16.3 Å². The maximum absolute atomic E-state index is 13.2. The summed E-state index contributed by atoms with van der Waals surface area (Å²) in [5.74, 6) is -0.805. The van der Waals surface area contributed by atoms with E-state index in [1.54, 1.807) is 33.9 Å². The third kappa shape index (κ3) is 4.19. The summed E-state index contributed by atoms with van der Waals surface area (Å²) in [7, 11) is 0. The summed E-state index contributed by atoms with van der Waals surface area (Å²) in [5, 5.41) is 6.61. The molecule has 33 heavy (non-hydrogen) atoms. The minimum absolute atomic E-state index is 0.222. The summed E-state index contributed by atoms with van der Waals surface area (Å²) in [5.41, 5.74) is 3.74. The molecule has 1 atom stereocenters. The van der Waals surface area contributed by atoms with Gasteiger partial charge in [-0.1, -0.05) is 42.5 Å². The lowest BCUT2D eigenvalue weighted by Crippen LogP contribution is -2.42. The van der Waals surface area contributed by atoms with Crippen LogP contribution in [0.2, 0.25) is 0 Å². The van der Waals surface area contributed by atoms with Gasteiger partial charge in [0.15, 0.2) is 11.8 Å². The number of benzene rings is 2. The molecule has 1 aliphatic heterocycles. The second kappa shape index (κ2) is 9.03. The van der Waals surface area contributed by atoms with Crippen LogP contribution in [0.25, 0.3) is 16.3 Å². The van der Waals surface area contributed by atoms with Gasteiger partial charge in [-0.2, -0.15) is 5.10 Å². The molecule has 0 spiro atoms. The van der Waals surface area contributed by atoms with Crippen molar-refractivity contribution in [2.45, 2.75) is 25.9 Å². The number of para-hydroxylation sites is 2. The fraction of sp³-hybridized carbons (Fsp3) is 0.192. The number of anilines is 1. The van der Waals surface area contributed by atoms with Gasteiger partial charge in [-0.15, -0.1) is 11.3 Å². The number of aryl methyl sites for hydroxylation is 1. The van der Waals surface area contributed by atoms with Gasteiger partial charge >= 0.3 is 5.97 Å². The molecule has 2 aromatic carbocycles. The zero-order valence-electron chi connectivity index (χ0n) is 18.2. The second-order valence-electron chi connectivity index (χ2n) is 7.91.